The molecule has 4 heterocycles. The topological polar surface area (TPSA) is 73.8 Å². The van der Waals surface area contributed by atoms with Gasteiger partial charge in [0.25, 0.3) is 0 Å². The van der Waals surface area contributed by atoms with Crippen LogP contribution in [0.25, 0.3) is 0 Å². The van der Waals surface area contributed by atoms with Gasteiger partial charge in [-0.1, -0.05) is 47.0 Å². The Balaban J connectivity index is 1.30. The Morgan fingerprint density at radius 3 is 1.62 bits per heavy atom. The first-order valence-corrected chi connectivity index (χ1v) is 19.6. The van der Waals surface area contributed by atoms with Crippen molar-refractivity contribution in [3.63, 3.8) is 0 Å². The van der Waals surface area contributed by atoms with Crippen molar-refractivity contribution in [3.05, 3.63) is 25.4 Å². The zero-order valence-corrected chi connectivity index (χ0v) is 29.5. The molecule has 0 N–H and O–H groups in total. The highest BCUT2D eigenvalue weighted by molar-refractivity contribution is 8.45. The second-order valence-corrected chi connectivity index (χ2v) is 18.6. The van der Waals surface area contributed by atoms with E-state index in [4.69, 9.17) is 37.9 Å². The molecule has 0 fully saturated rings. The molecule has 0 saturated carbocycles. The molecular weight excluding hydrogens is 673 g/mol. The molecule has 1 atom stereocenters. The Bertz CT molecular complexity index is 873. The Morgan fingerprint density at radius 2 is 1.12 bits per heavy atom. The SMILES string of the molecule is COCCOCOCC1(COCOCCOC)CSC2=C(SC1)SC(=C1SC3=C(S1)SC(C(OC)OC)CS3)S2. The number of methoxy groups -OCH3 is 4. The van der Waals surface area contributed by atoms with Gasteiger partial charge in [0.15, 0.2) is 6.29 Å². The van der Waals surface area contributed by atoms with Gasteiger partial charge in [0.2, 0.25) is 0 Å². The smallest absolute Gasteiger partial charge is 0.169 e. The summed E-state index contributed by atoms with van der Waals surface area (Å²) in [6.07, 6.45) is -0.184. The van der Waals surface area contributed by atoms with E-state index >= 15 is 0 Å². The molecule has 0 spiro atoms. The minimum Gasteiger partial charge on any atom is -0.382 e. The van der Waals surface area contributed by atoms with Crippen LogP contribution in [0.4, 0.5) is 0 Å². The molecule has 1 unspecified atom stereocenters. The fourth-order valence-electron chi connectivity index (χ4n) is 3.64. The van der Waals surface area contributed by atoms with Crippen LogP contribution in [0.1, 0.15) is 0 Å². The number of ether oxygens (including phenoxy) is 8. The van der Waals surface area contributed by atoms with E-state index in [0.717, 1.165) is 17.3 Å². The zero-order valence-electron chi connectivity index (χ0n) is 23.0. The van der Waals surface area contributed by atoms with Crippen LogP contribution >= 0.6 is 94.1 Å². The fraction of sp³-hybridized carbons (Fsp3) is 0.750. The molecule has 0 radical (unpaired) electrons. The van der Waals surface area contributed by atoms with Crippen LogP contribution < -0.4 is 0 Å². The molecule has 0 aliphatic carbocycles. The number of thioether (sulfide) groups is 8. The predicted octanol–water partition coefficient (Wildman–Crippen LogP) is 6.53. The number of hydrogen-bond acceptors (Lipinski definition) is 16. The van der Waals surface area contributed by atoms with Gasteiger partial charge in [0.1, 0.15) is 13.6 Å². The number of rotatable bonds is 17. The number of hydrogen-bond donors (Lipinski definition) is 0. The normalized spacial score (nSPS) is 22.9. The lowest BCUT2D eigenvalue weighted by atomic mass is 9.95. The molecule has 8 nitrogen and oxygen atoms in total. The van der Waals surface area contributed by atoms with Crippen molar-refractivity contribution < 1.29 is 37.9 Å². The Morgan fingerprint density at radius 1 is 0.625 bits per heavy atom. The lowest BCUT2D eigenvalue weighted by Crippen LogP contribution is -2.38. The van der Waals surface area contributed by atoms with E-state index < -0.39 is 0 Å². The van der Waals surface area contributed by atoms with E-state index in [0.29, 0.717) is 44.9 Å². The van der Waals surface area contributed by atoms with Crippen LogP contribution in [0.5, 0.6) is 0 Å². The van der Waals surface area contributed by atoms with Crippen LogP contribution in [0.3, 0.4) is 0 Å². The summed E-state index contributed by atoms with van der Waals surface area (Å²) in [7, 11) is 6.76. The molecule has 0 bridgehead atoms. The first-order valence-electron chi connectivity index (χ1n) is 12.4. The Labute approximate surface area is 271 Å². The third-order valence-corrected chi connectivity index (χ3v) is 18.5. The highest BCUT2D eigenvalue weighted by atomic mass is 32.3. The highest BCUT2D eigenvalue weighted by Crippen LogP contribution is 2.68. The quantitative estimate of drug-likeness (QED) is 0.121. The van der Waals surface area contributed by atoms with Crippen molar-refractivity contribution in [3.8, 4) is 0 Å². The van der Waals surface area contributed by atoms with Gasteiger partial charge in [0.05, 0.1) is 70.3 Å². The Kier molecular flexibility index (Phi) is 16.1. The van der Waals surface area contributed by atoms with Crippen LogP contribution in [0.15, 0.2) is 25.4 Å². The van der Waals surface area contributed by atoms with Crippen molar-refractivity contribution in [2.45, 2.75) is 11.5 Å². The van der Waals surface area contributed by atoms with E-state index in [1.165, 1.54) is 25.4 Å². The summed E-state index contributed by atoms with van der Waals surface area (Å²) in [5.74, 6) is 2.81. The summed E-state index contributed by atoms with van der Waals surface area (Å²) in [5.41, 5.74) is -0.150. The summed E-state index contributed by atoms with van der Waals surface area (Å²) < 4.78 is 52.5. The third kappa shape index (κ3) is 10.1. The van der Waals surface area contributed by atoms with Crippen molar-refractivity contribution >= 4 is 94.1 Å². The van der Waals surface area contributed by atoms with Gasteiger partial charge in [-0.2, -0.15) is 0 Å². The van der Waals surface area contributed by atoms with E-state index in [2.05, 4.69) is 0 Å². The maximum Gasteiger partial charge on any atom is 0.169 e. The standard InChI is InChI=1S/C24H36O8S8/c1-25-5-7-29-14-31-10-24(11-32-15-30-8-6-26-2)12-34-18-19(35-13-24)38-22(37-18)23-39-20-21(40-23)36-16(9-33-20)17(27-3)28-4/h16-17H,5-15H2,1-4H3. The van der Waals surface area contributed by atoms with Gasteiger partial charge in [0, 0.05) is 51.1 Å². The first-order chi connectivity index (χ1) is 19.6. The van der Waals surface area contributed by atoms with Gasteiger partial charge >= 0.3 is 0 Å². The van der Waals surface area contributed by atoms with Crippen LogP contribution in [0, 0.1) is 5.41 Å². The molecule has 0 saturated heterocycles. The van der Waals surface area contributed by atoms with Crippen LogP contribution in [0.2, 0.25) is 0 Å². The first kappa shape index (κ1) is 34.6. The van der Waals surface area contributed by atoms with Gasteiger partial charge in [-0.05, 0) is 0 Å². The fourth-order valence-corrected chi connectivity index (χ4v) is 16.7. The van der Waals surface area contributed by atoms with E-state index in [9.17, 15) is 0 Å². The molecule has 0 aromatic carbocycles. The molecule has 228 valence electrons. The monoisotopic (exact) mass is 708 g/mol. The Hall–Kier alpha value is 1.70. The van der Waals surface area contributed by atoms with Crippen LogP contribution in [-0.4, -0.2) is 110 Å². The summed E-state index contributed by atoms with van der Waals surface area (Å²) in [6.45, 7) is 3.75. The molecule has 40 heavy (non-hydrogen) atoms. The van der Waals surface area contributed by atoms with Crippen molar-refractivity contribution in [1.82, 2.24) is 0 Å². The summed E-state index contributed by atoms with van der Waals surface area (Å²) in [4.78, 5) is 0. The van der Waals surface area contributed by atoms with Gasteiger partial charge in [-0.15, -0.1) is 47.0 Å². The lowest BCUT2D eigenvalue weighted by molar-refractivity contribution is -0.117. The molecule has 0 amide bonds. The largest absolute Gasteiger partial charge is 0.382 e. The minimum atomic E-state index is -0.184. The summed E-state index contributed by atoms with van der Waals surface area (Å²) in [5, 5.41) is 0.300. The van der Waals surface area contributed by atoms with E-state index in [1.54, 1.807) is 28.4 Å². The van der Waals surface area contributed by atoms with Crippen molar-refractivity contribution in [1.29, 1.82) is 0 Å². The molecule has 0 aromatic rings. The van der Waals surface area contributed by atoms with Gasteiger partial charge < -0.3 is 37.9 Å². The van der Waals surface area contributed by atoms with Gasteiger partial charge in [-0.3, -0.25) is 0 Å². The molecular formula is C24H36O8S8. The third-order valence-electron chi connectivity index (χ3n) is 5.68. The molecule has 4 aliphatic rings. The molecule has 16 heteroatoms. The second kappa shape index (κ2) is 18.6. The van der Waals surface area contributed by atoms with Crippen molar-refractivity contribution in [2.75, 3.05) is 98.9 Å². The zero-order chi connectivity index (χ0) is 28.2. The second-order valence-electron chi connectivity index (χ2n) is 8.75. The van der Waals surface area contributed by atoms with Gasteiger partial charge in [-0.25, -0.2) is 0 Å². The lowest BCUT2D eigenvalue weighted by Gasteiger charge is -2.31. The maximum atomic E-state index is 5.97. The minimum absolute atomic E-state index is 0.150. The molecule has 0 aromatic heterocycles. The van der Waals surface area contributed by atoms with E-state index in [-0.39, 0.29) is 25.3 Å². The average Bonchev–Trinajstić information content (AvgIpc) is 3.55. The summed E-state index contributed by atoms with van der Waals surface area (Å²) in [6, 6.07) is 0. The summed E-state index contributed by atoms with van der Waals surface area (Å²) >= 11 is 15.3. The molecule has 4 aliphatic heterocycles. The predicted molar refractivity (Wildman–Crippen MR) is 178 cm³/mol. The maximum absolute atomic E-state index is 5.97. The molecule has 4 rings (SSSR count). The van der Waals surface area contributed by atoms with Crippen LogP contribution in [-0.2, 0) is 37.9 Å². The van der Waals surface area contributed by atoms with E-state index in [1.807, 2.05) is 94.1 Å². The average molecular weight is 709 g/mol. The van der Waals surface area contributed by atoms with Crippen molar-refractivity contribution in [2.24, 2.45) is 5.41 Å². The highest BCUT2D eigenvalue weighted by Gasteiger charge is 2.40.